The standard InChI is InChI=1S/C7HBrF3IN2O/c8-3-2-14-4(1-13)5(12)6(3)15-7(9,10)11/h2H. The summed E-state index contributed by atoms with van der Waals surface area (Å²) in [6.45, 7) is 0. The van der Waals surface area contributed by atoms with Crippen molar-refractivity contribution in [1.82, 2.24) is 4.98 Å². The monoisotopic (exact) mass is 392 g/mol. The molecule has 0 saturated heterocycles. The lowest BCUT2D eigenvalue weighted by Gasteiger charge is -2.12. The van der Waals surface area contributed by atoms with Crippen LogP contribution in [0.4, 0.5) is 13.2 Å². The van der Waals surface area contributed by atoms with E-state index in [-0.39, 0.29) is 13.7 Å². The lowest BCUT2D eigenvalue weighted by atomic mass is 10.3. The molecule has 3 nitrogen and oxygen atoms in total. The summed E-state index contributed by atoms with van der Waals surface area (Å²) in [7, 11) is 0. The largest absolute Gasteiger partial charge is 0.573 e. The maximum absolute atomic E-state index is 12.0. The van der Waals surface area contributed by atoms with Gasteiger partial charge in [0.2, 0.25) is 0 Å². The molecule has 0 aliphatic carbocycles. The van der Waals surface area contributed by atoms with Crippen molar-refractivity contribution in [3.63, 3.8) is 0 Å². The number of rotatable bonds is 1. The van der Waals surface area contributed by atoms with Crippen LogP contribution >= 0.6 is 38.5 Å². The summed E-state index contributed by atoms with van der Waals surface area (Å²) in [4.78, 5) is 3.62. The third kappa shape index (κ3) is 3.20. The molecule has 0 N–H and O–H groups in total. The van der Waals surface area contributed by atoms with E-state index in [4.69, 9.17) is 5.26 Å². The summed E-state index contributed by atoms with van der Waals surface area (Å²) >= 11 is 4.43. The predicted octanol–water partition coefficient (Wildman–Crippen LogP) is 3.22. The number of pyridine rings is 1. The van der Waals surface area contributed by atoms with Crippen LogP contribution in [0, 0.1) is 14.9 Å². The maximum atomic E-state index is 12.0. The summed E-state index contributed by atoms with van der Waals surface area (Å²) in [5, 5.41) is 8.56. The fourth-order valence-electron chi connectivity index (χ4n) is 0.736. The van der Waals surface area contributed by atoms with Crippen molar-refractivity contribution in [1.29, 1.82) is 5.26 Å². The van der Waals surface area contributed by atoms with E-state index >= 15 is 0 Å². The van der Waals surface area contributed by atoms with E-state index < -0.39 is 12.1 Å². The molecule has 1 aromatic heterocycles. The average Bonchev–Trinajstić information content (AvgIpc) is 2.11. The van der Waals surface area contributed by atoms with Gasteiger partial charge in [0.15, 0.2) is 11.4 Å². The van der Waals surface area contributed by atoms with Crippen LogP contribution in [0.3, 0.4) is 0 Å². The van der Waals surface area contributed by atoms with Crippen molar-refractivity contribution in [3.8, 4) is 11.8 Å². The van der Waals surface area contributed by atoms with Crippen molar-refractivity contribution in [2.45, 2.75) is 6.36 Å². The highest BCUT2D eigenvalue weighted by atomic mass is 127. The van der Waals surface area contributed by atoms with Gasteiger partial charge in [-0.25, -0.2) is 4.98 Å². The highest BCUT2D eigenvalue weighted by molar-refractivity contribution is 14.1. The van der Waals surface area contributed by atoms with Crippen LogP contribution < -0.4 is 4.74 Å². The maximum Gasteiger partial charge on any atom is 0.573 e. The minimum Gasteiger partial charge on any atom is -0.403 e. The second-order valence-electron chi connectivity index (χ2n) is 2.26. The first-order valence-electron chi connectivity index (χ1n) is 3.35. The molecular weight excluding hydrogens is 392 g/mol. The minimum atomic E-state index is -4.80. The van der Waals surface area contributed by atoms with Crippen LogP contribution in [-0.2, 0) is 0 Å². The van der Waals surface area contributed by atoms with Crippen LogP contribution in [0.2, 0.25) is 0 Å². The van der Waals surface area contributed by atoms with Crippen LogP contribution in [0.25, 0.3) is 0 Å². The Balaban J connectivity index is 3.23. The van der Waals surface area contributed by atoms with Crippen LogP contribution in [-0.4, -0.2) is 11.3 Å². The molecule has 0 spiro atoms. The topological polar surface area (TPSA) is 45.9 Å². The Morgan fingerprint density at radius 1 is 1.53 bits per heavy atom. The Bertz CT molecular complexity index is 429. The number of hydrogen-bond acceptors (Lipinski definition) is 3. The number of ether oxygens (including phenoxy) is 1. The minimum absolute atomic E-state index is 0.0156. The normalized spacial score (nSPS) is 10.9. The molecular formula is C7HBrF3IN2O. The Hall–Kier alpha value is -0.560. The summed E-state index contributed by atoms with van der Waals surface area (Å²) in [6, 6.07) is 1.66. The van der Waals surface area contributed by atoms with E-state index in [1.165, 1.54) is 0 Å². The first kappa shape index (κ1) is 12.5. The Kier molecular flexibility index (Phi) is 3.77. The predicted molar refractivity (Wildman–Crippen MR) is 56.1 cm³/mol. The first-order chi connectivity index (χ1) is 6.85. The number of halogens is 5. The van der Waals surface area contributed by atoms with Gasteiger partial charge in [-0.1, -0.05) is 0 Å². The second kappa shape index (κ2) is 4.52. The van der Waals surface area contributed by atoms with Gasteiger partial charge < -0.3 is 4.74 Å². The molecule has 0 bridgehead atoms. The molecule has 0 unspecified atom stereocenters. The number of nitriles is 1. The molecule has 80 valence electrons. The van der Waals surface area contributed by atoms with Gasteiger partial charge in [0.1, 0.15) is 6.07 Å². The fraction of sp³-hybridized carbons (Fsp3) is 0.143. The summed E-state index contributed by atoms with van der Waals surface area (Å²) in [5.41, 5.74) is -0.113. The van der Waals surface area contributed by atoms with Crippen molar-refractivity contribution < 1.29 is 17.9 Å². The fourth-order valence-corrected chi connectivity index (χ4v) is 2.15. The highest BCUT2D eigenvalue weighted by Gasteiger charge is 2.33. The molecule has 0 saturated carbocycles. The lowest BCUT2D eigenvalue weighted by Crippen LogP contribution is -2.18. The van der Waals surface area contributed by atoms with E-state index in [1.807, 2.05) is 0 Å². The molecule has 15 heavy (non-hydrogen) atoms. The van der Waals surface area contributed by atoms with Crippen molar-refractivity contribution in [3.05, 3.63) is 19.9 Å². The quantitative estimate of drug-likeness (QED) is 0.689. The van der Waals surface area contributed by atoms with Gasteiger partial charge in [-0.2, -0.15) is 5.26 Å². The Morgan fingerprint density at radius 3 is 2.60 bits per heavy atom. The zero-order chi connectivity index (χ0) is 11.6. The van der Waals surface area contributed by atoms with E-state index in [1.54, 1.807) is 28.7 Å². The van der Waals surface area contributed by atoms with Gasteiger partial charge in [0.25, 0.3) is 0 Å². The molecule has 0 amide bonds. The van der Waals surface area contributed by atoms with E-state index in [0.717, 1.165) is 6.20 Å². The van der Waals surface area contributed by atoms with Crippen molar-refractivity contribution in [2.75, 3.05) is 0 Å². The lowest BCUT2D eigenvalue weighted by molar-refractivity contribution is -0.275. The first-order valence-corrected chi connectivity index (χ1v) is 5.22. The third-order valence-electron chi connectivity index (χ3n) is 1.25. The van der Waals surface area contributed by atoms with Gasteiger partial charge in [0.05, 0.1) is 8.04 Å². The van der Waals surface area contributed by atoms with Crippen LogP contribution in [0.5, 0.6) is 5.75 Å². The zero-order valence-electron chi connectivity index (χ0n) is 6.77. The summed E-state index contributed by atoms with van der Waals surface area (Å²) < 4.78 is 39.8. The third-order valence-corrected chi connectivity index (χ3v) is 2.82. The molecule has 1 rings (SSSR count). The molecule has 0 radical (unpaired) electrons. The van der Waals surface area contributed by atoms with E-state index in [9.17, 15) is 13.2 Å². The van der Waals surface area contributed by atoms with Crippen molar-refractivity contribution in [2.24, 2.45) is 0 Å². The Morgan fingerprint density at radius 2 is 2.13 bits per heavy atom. The second-order valence-corrected chi connectivity index (χ2v) is 4.19. The molecule has 1 aromatic rings. The van der Waals surface area contributed by atoms with Gasteiger partial charge >= 0.3 is 6.36 Å². The SMILES string of the molecule is N#Cc1ncc(Br)c(OC(F)(F)F)c1I. The highest BCUT2D eigenvalue weighted by Crippen LogP contribution is 2.35. The molecule has 0 aliphatic heterocycles. The number of alkyl halides is 3. The van der Waals surface area contributed by atoms with Crippen LogP contribution in [0.1, 0.15) is 5.69 Å². The number of aromatic nitrogens is 1. The van der Waals surface area contributed by atoms with Gasteiger partial charge in [-0.15, -0.1) is 13.2 Å². The van der Waals surface area contributed by atoms with Crippen LogP contribution in [0.15, 0.2) is 10.7 Å². The molecule has 0 aromatic carbocycles. The van der Waals surface area contributed by atoms with Gasteiger partial charge in [0, 0.05) is 6.20 Å². The van der Waals surface area contributed by atoms with Crippen molar-refractivity contribution >= 4 is 38.5 Å². The summed E-state index contributed by atoms with van der Waals surface area (Å²) in [5.74, 6) is -0.449. The summed E-state index contributed by atoms with van der Waals surface area (Å²) in [6.07, 6.45) is -3.71. The smallest absolute Gasteiger partial charge is 0.403 e. The van der Waals surface area contributed by atoms with E-state index in [2.05, 4.69) is 25.7 Å². The molecule has 0 fully saturated rings. The molecule has 8 heteroatoms. The van der Waals surface area contributed by atoms with Gasteiger partial charge in [-0.05, 0) is 38.5 Å². The molecule has 1 heterocycles. The van der Waals surface area contributed by atoms with Gasteiger partial charge in [-0.3, -0.25) is 0 Å². The van der Waals surface area contributed by atoms with E-state index in [0.29, 0.717) is 0 Å². The number of hydrogen-bond donors (Lipinski definition) is 0. The zero-order valence-corrected chi connectivity index (χ0v) is 10.5. The Labute approximate surface area is 105 Å². The number of nitrogens with zero attached hydrogens (tertiary/aromatic N) is 2. The molecule has 0 aliphatic rings. The molecule has 0 atom stereocenters. The average molecular weight is 393 g/mol.